The molecular weight excluding hydrogens is 587 g/mol. The van der Waals surface area contributed by atoms with Crippen LogP contribution in [0.2, 0.25) is 0 Å². The third-order valence-corrected chi connectivity index (χ3v) is 10.8. The van der Waals surface area contributed by atoms with Crippen LogP contribution < -0.4 is 0 Å². The Hall–Kier alpha value is -5.83. The highest BCUT2D eigenvalue weighted by Crippen LogP contribution is 2.44. The maximum atomic E-state index is 5.15. The molecule has 2 aromatic heterocycles. The standard InChI is InChI=1S/C45H27NS/c1-2-10-30(11-3-1)44-38-24-23-36-40-26-31(22-25-42(40)47-45(36)43(38)37-16-8-9-17-41(37)46-44)28-18-20-29(21-19-28)39-27-32-12-4-5-13-33(32)34-14-6-7-15-35(34)39/h1-27H. The van der Waals surface area contributed by atoms with Gasteiger partial charge in [0, 0.05) is 41.9 Å². The zero-order chi connectivity index (χ0) is 30.9. The Kier molecular flexibility index (Phi) is 5.81. The molecule has 0 aliphatic carbocycles. The molecule has 8 aromatic carbocycles. The second-order valence-electron chi connectivity index (χ2n) is 12.3. The molecule has 47 heavy (non-hydrogen) atoms. The number of fused-ring (bicyclic) bond motifs is 10. The molecule has 0 aliphatic heterocycles. The molecule has 0 N–H and O–H groups in total. The number of pyridine rings is 1. The normalized spacial score (nSPS) is 11.8. The van der Waals surface area contributed by atoms with Crippen LogP contribution in [0.15, 0.2) is 164 Å². The van der Waals surface area contributed by atoms with Crippen molar-refractivity contribution in [2.24, 2.45) is 0 Å². The first-order valence-corrected chi connectivity index (χ1v) is 16.9. The number of thiophene rings is 1. The van der Waals surface area contributed by atoms with Crippen LogP contribution in [0.1, 0.15) is 0 Å². The van der Waals surface area contributed by atoms with Crippen LogP contribution in [0, 0.1) is 0 Å². The Labute approximate surface area is 276 Å². The van der Waals surface area contributed by atoms with Crippen molar-refractivity contribution in [3.63, 3.8) is 0 Å². The predicted octanol–water partition coefficient (Wildman–Crippen LogP) is 13.1. The number of benzene rings is 8. The van der Waals surface area contributed by atoms with Crippen molar-refractivity contribution in [3.05, 3.63) is 164 Å². The summed E-state index contributed by atoms with van der Waals surface area (Å²) in [7, 11) is 0. The fourth-order valence-electron chi connectivity index (χ4n) is 7.40. The zero-order valence-corrected chi connectivity index (χ0v) is 26.3. The summed E-state index contributed by atoms with van der Waals surface area (Å²) in [5, 5.41) is 11.5. The van der Waals surface area contributed by atoms with Gasteiger partial charge < -0.3 is 0 Å². The molecule has 0 unspecified atom stereocenters. The van der Waals surface area contributed by atoms with Crippen molar-refractivity contribution < 1.29 is 0 Å². The highest BCUT2D eigenvalue weighted by molar-refractivity contribution is 7.26. The van der Waals surface area contributed by atoms with Crippen LogP contribution in [0.3, 0.4) is 0 Å². The molecule has 0 saturated carbocycles. The van der Waals surface area contributed by atoms with Gasteiger partial charge in [-0.1, -0.05) is 140 Å². The van der Waals surface area contributed by atoms with E-state index in [4.69, 9.17) is 4.98 Å². The van der Waals surface area contributed by atoms with Crippen LogP contribution in [0.25, 0.3) is 96.9 Å². The lowest BCUT2D eigenvalue weighted by Crippen LogP contribution is -1.89. The van der Waals surface area contributed by atoms with E-state index in [1.165, 1.54) is 80.1 Å². The lowest BCUT2D eigenvalue weighted by molar-refractivity contribution is 1.43. The van der Waals surface area contributed by atoms with Crippen LogP contribution in [-0.4, -0.2) is 4.98 Å². The summed E-state index contributed by atoms with van der Waals surface area (Å²) >= 11 is 1.89. The molecule has 1 nitrogen and oxygen atoms in total. The largest absolute Gasteiger partial charge is 0.247 e. The van der Waals surface area contributed by atoms with Gasteiger partial charge in [-0.25, -0.2) is 4.98 Å². The Morgan fingerprint density at radius 3 is 1.89 bits per heavy atom. The summed E-state index contributed by atoms with van der Waals surface area (Å²) in [6.07, 6.45) is 0. The molecule has 0 bridgehead atoms. The molecule has 0 amide bonds. The van der Waals surface area contributed by atoms with E-state index in [1.807, 2.05) is 11.3 Å². The first-order chi connectivity index (χ1) is 23.3. The molecule has 2 heteroatoms. The van der Waals surface area contributed by atoms with Crippen molar-refractivity contribution >= 4 is 74.7 Å². The predicted molar refractivity (Wildman–Crippen MR) is 203 cm³/mol. The third kappa shape index (κ3) is 4.12. The number of rotatable bonds is 3. The highest BCUT2D eigenvalue weighted by Gasteiger charge is 2.16. The molecular formula is C45H27NS. The van der Waals surface area contributed by atoms with Crippen molar-refractivity contribution in [1.82, 2.24) is 4.98 Å². The number of hydrogen-bond acceptors (Lipinski definition) is 2. The van der Waals surface area contributed by atoms with E-state index in [9.17, 15) is 0 Å². The fraction of sp³-hybridized carbons (Fsp3) is 0. The molecule has 0 spiro atoms. The van der Waals surface area contributed by atoms with Crippen LogP contribution in [0.4, 0.5) is 0 Å². The first kappa shape index (κ1) is 26.4. The fourth-order valence-corrected chi connectivity index (χ4v) is 8.64. The van der Waals surface area contributed by atoms with E-state index in [2.05, 4.69) is 164 Å². The Morgan fingerprint density at radius 2 is 1.04 bits per heavy atom. The molecule has 2 heterocycles. The minimum atomic E-state index is 1.03. The monoisotopic (exact) mass is 613 g/mol. The van der Waals surface area contributed by atoms with E-state index in [0.29, 0.717) is 0 Å². The smallest absolute Gasteiger partial charge is 0.0788 e. The first-order valence-electron chi connectivity index (χ1n) is 16.0. The van der Waals surface area contributed by atoms with E-state index in [-0.39, 0.29) is 0 Å². The summed E-state index contributed by atoms with van der Waals surface area (Å²) < 4.78 is 2.63. The van der Waals surface area contributed by atoms with Gasteiger partial charge in [-0.15, -0.1) is 11.3 Å². The van der Waals surface area contributed by atoms with Crippen LogP contribution >= 0.6 is 11.3 Å². The summed E-state index contributed by atoms with van der Waals surface area (Å²) in [6, 6.07) is 59.5. The van der Waals surface area contributed by atoms with Crippen molar-refractivity contribution in [3.8, 4) is 33.5 Å². The minimum Gasteiger partial charge on any atom is -0.247 e. The van der Waals surface area contributed by atoms with E-state index >= 15 is 0 Å². The summed E-state index contributed by atoms with van der Waals surface area (Å²) in [5.74, 6) is 0. The average Bonchev–Trinajstić information content (AvgIpc) is 3.53. The minimum absolute atomic E-state index is 1.03. The molecule has 0 fully saturated rings. The number of hydrogen-bond donors (Lipinski definition) is 0. The van der Waals surface area contributed by atoms with Gasteiger partial charge in [-0.05, 0) is 68.1 Å². The highest BCUT2D eigenvalue weighted by atomic mass is 32.1. The second kappa shape index (κ2) is 10.3. The Bertz CT molecular complexity index is 2830. The van der Waals surface area contributed by atoms with Crippen molar-refractivity contribution in [2.75, 3.05) is 0 Å². The molecule has 0 aliphatic rings. The average molecular weight is 614 g/mol. The van der Waals surface area contributed by atoms with Crippen molar-refractivity contribution in [1.29, 1.82) is 0 Å². The quantitative estimate of drug-likeness (QED) is 0.181. The zero-order valence-electron chi connectivity index (χ0n) is 25.4. The molecule has 0 radical (unpaired) electrons. The Balaban J connectivity index is 1.12. The van der Waals surface area contributed by atoms with Gasteiger partial charge in [0.1, 0.15) is 0 Å². The molecule has 218 valence electrons. The van der Waals surface area contributed by atoms with Gasteiger partial charge in [-0.2, -0.15) is 0 Å². The topological polar surface area (TPSA) is 12.9 Å². The molecule has 10 rings (SSSR count). The second-order valence-corrected chi connectivity index (χ2v) is 13.3. The molecule has 0 atom stereocenters. The van der Waals surface area contributed by atoms with Crippen LogP contribution in [0.5, 0.6) is 0 Å². The van der Waals surface area contributed by atoms with Crippen LogP contribution in [-0.2, 0) is 0 Å². The van der Waals surface area contributed by atoms with E-state index in [0.717, 1.165) is 16.8 Å². The van der Waals surface area contributed by atoms with E-state index < -0.39 is 0 Å². The number of nitrogens with zero attached hydrogens (tertiary/aromatic N) is 1. The van der Waals surface area contributed by atoms with Crippen molar-refractivity contribution in [2.45, 2.75) is 0 Å². The lowest BCUT2D eigenvalue weighted by atomic mass is 9.92. The third-order valence-electron chi connectivity index (χ3n) is 9.64. The van der Waals surface area contributed by atoms with Gasteiger partial charge in [-0.3, -0.25) is 0 Å². The van der Waals surface area contributed by atoms with Gasteiger partial charge >= 0.3 is 0 Å². The number of para-hydroxylation sites is 1. The summed E-state index contributed by atoms with van der Waals surface area (Å²) in [5.41, 5.74) is 8.18. The maximum absolute atomic E-state index is 5.15. The van der Waals surface area contributed by atoms with Gasteiger partial charge in [0.25, 0.3) is 0 Å². The number of aromatic nitrogens is 1. The summed E-state index contributed by atoms with van der Waals surface area (Å²) in [4.78, 5) is 5.15. The molecule has 0 saturated heterocycles. The maximum Gasteiger partial charge on any atom is 0.0788 e. The molecule has 10 aromatic rings. The van der Waals surface area contributed by atoms with Gasteiger partial charge in [0.05, 0.1) is 11.2 Å². The van der Waals surface area contributed by atoms with Gasteiger partial charge in [0.15, 0.2) is 0 Å². The Morgan fingerprint density at radius 1 is 0.383 bits per heavy atom. The van der Waals surface area contributed by atoms with Gasteiger partial charge in [0.2, 0.25) is 0 Å². The SMILES string of the molecule is c1ccc(-c2nc3ccccc3c3c2ccc2c4cc(-c5ccc(-c6cc7ccccc7c7ccccc67)cc5)ccc4sc23)cc1. The van der Waals surface area contributed by atoms with E-state index in [1.54, 1.807) is 0 Å². The summed E-state index contributed by atoms with van der Waals surface area (Å²) in [6.45, 7) is 0. The lowest BCUT2D eigenvalue weighted by Gasteiger charge is -2.12.